The maximum Gasteiger partial charge on any atom is 0.220 e. The number of aromatic nitrogens is 3. The van der Waals surface area contributed by atoms with E-state index in [1.807, 2.05) is 24.3 Å². The van der Waals surface area contributed by atoms with Crippen molar-refractivity contribution in [1.82, 2.24) is 15.0 Å². The normalized spacial score (nSPS) is 12.4. The number of rotatable bonds is 4. The Hall–Kier alpha value is -2.53. The Morgan fingerprint density at radius 2 is 1.88 bits per heavy atom. The number of pyridine rings is 3. The van der Waals surface area contributed by atoms with Crippen LogP contribution in [0.15, 0.2) is 48.8 Å². The first-order chi connectivity index (χ1) is 11.8. The summed E-state index contributed by atoms with van der Waals surface area (Å²) in [6.45, 7) is 0.335. The van der Waals surface area contributed by atoms with Crippen LogP contribution in [0.25, 0.3) is 11.1 Å². The SMILES string of the molecule is Cl.Fc1ncccc1-c1cc(OCc2ccccn2)nc2c1CCC2. The molecule has 0 atom stereocenters. The molecule has 6 heteroatoms. The minimum absolute atomic E-state index is 0. The van der Waals surface area contributed by atoms with E-state index in [0.29, 0.717) is 18.1 Å². The molecule has 0 bridgehead atoms. The molecule has 4 rings (SSSR count). The highest BCUT2D eigenvalue weighted by Crippen LogP contribution is 2.35. The van der Waals surface area contributed by atoms with Crippen LogP contribution in [-0.2, 0) is 19.4 Å². The Morgan fingerprint density at radius 1 is 1.00 bits per heavy atom. The summed E-state index contributed by atoms with van der Waals surface area (Å²) in [5.74, 6) is 0.0352. The van der Waals surface area contributed by atoms with Crippen LogP contribution < -0.4 is 4.74 Å². The van der Waals surface area contributed by atoms with Gasteiger partial charge in [-0.25, -0.2) is 9.97 Å². The maximum atomic E-state index is 14.1. The van der Waals surface area contributed by atoms with Crippen LogP contribution in [0.4, 0.5) is 4.39 Å². The first kappa shape index (κ1) is 17.3. The summed E-state index contributed by atoms with van der Waals surface area (Å²) in [5, 5.41) is 0. The average Bonchev–Trinajstić information content (AvgIpc) is 3.09. The molecule has 25 heavy (non-hydrogen) atoms. The van der Waals surface area contributed by atoms with Crippen LogP contribution in [0.2, 0.25) is 0 Å². The van der Waals surface area contributed by atoms with Gasteiger partial charge in [-0.15, -0.1) is 12.4 Å². The van der Waals surface area contributed by atoms with Crippen molar-refractivity contribution in [2.75, 3.05) is 0 Å². The molecule has 0 saturated carbocycles. The highest BCUT2D eigenvalue weighted by Gasteiger charge is 2.21. The molecule has 0 aromatic carbocycles. The Morgan fingerprint density at radius 3 is 2.68 bits per heavy atom. The molecule has 3 heterocycles. The lowest BCUT2D eigenvalue weighted by molar-refractivity contribution is 0.288. The second kappa shape index (κ2) is 7.57. The van der Waals surface area contributed by atoms with Gasteiger partial charge in [0.15, 0.2) is 0 Å². The minimum Gasteiger partial charge on any atom is -0.471 e. The number of halogens is 2. The predicted octanol–water partition coefficient (Wildman–Crippen LogP) is 4.17. The Labute approximate surface area is 151 Å². The van der Waals surface area contributed by atoms with Gasteiger partial charge < -0.3 is 4.74 Å². The molecular formula is C19H17ClFN3O. The zero-order valence-electron chi connectivity index (χ0n) is 13.5. The van der Waals surface area contributed by atoms with Crippen LogP contribution in [0.3, 0.4) is 0 Å². The summed E-state index contributed by atoms with van der Waals surface area (Å²) in [6, 6.07) is 11.0. The van der Waals surface area contributed by atoms with Crippen molar-refractivity contribution in [3.63, 3.8) is 0 Å². The highest BCUT2D eigenvalue weighted by molar-refractivity contribution is 5.85. The van der Waals surface area contributed by atoms with E-state index in [2.05, 4.69) is 15.0 Å². The zero-order valence-corrected chi connectivity index (χ0v) is 14.3. The first-order valence-electron chi connectivity index (χ1n) is 7.97. The van der Waals surface area contributed by atoms with Crippen molar-refractivity contribution in [2.24, 2.45) is 0 Å². The van der Waals surface area contributed by atoms with E-state index in [4.69, 9.17) is 4.74 Å². The smallest absolute Gasteiger partial charge is 0.220 e. The molecule has 0 aliphatic heterocycles. The fraction of sp³-hybridized carbons (Fsp3) is 0.211. The van der Waals surface area contributed by atoms with Gasteiger partial charge in [0, 0.05) is 29.7 Å². The van der Waals surface area contributed by atoms with Gasteiger partial charge in [0.25, 0.3) is 0 Å². The summed E-state index contributed by atoms with van der Waals surface area (Å²) in [5.41, 5.74) is 4.26. The van der Waals surface area contributed by atoms with Crippen LogP contribution >= 0.6 is 12.4 Å². The van der Waals surface area contributed by atoms with Crippen LogP contribution in [0, 0.1) is 5.95 Å². The van der Waals surface area contributed by atoms with Gasteiger partial charge in [-0.1, -0.05) is 6.07 Å². The van der Waals surface area contributed by atoms with Gasteiger partial charge in [0.05, 0.1) is 5.69 Å². The number of nitrogens with zero attached hydrogens (tertiary/aromatic N) is 3. The van der Waals surface area contributed by atoms with E-state index in [1.165, 1.54) is 6.20 Å². The van der Waals surface area contributed by atoms with Gasteiger partial charge in [-0.2, -0.15) is 4.39 Å². The quantitative estimate of drug-likeness (QED) is 0.657. The molecule has 3 aromatic rings. The van der Waals surface area contributed by atoms with Gasteiger partial charge in [0.1, 0.15) is 6.61 Å². The molecule has 0 saturated heterocycles. The number of hydrogen-bond acceptors (Lipinski definition) is 4. The van der Waals surface area contributed by atoms with Crippen LogP contribution in [0.5, 0.6) is 5.88 Å². The Balaban J connectivity index is 0.00000182. The van der Waals surface area contributed by atoms with Crippen molar-refractivity contribution in [3.8, 4) is 17.0 Å². The lowest BCUT2D eigenvalue weighted by atomic mass is 10.0. The Bertz CT molecular complexity index is 874. The molecule has 128 valence electrons. The molecule has 0 unspecified atom stereocenters. The molecule has 0 spiro atoms. The number of ether oxygens (including phenoxy) is 1. The summed E-state index contributed by atoms with van der Waals surface area (Å²) < 4.78 is 19.9. The fourth-order valence-electron chi connectivity index (χ4n) is 3.05. The standard InChI is InChI=1S/C19H16FN3O.ClH/c20-19-15(7-4-10-22-19)16-11-18(23-17-8-3-6-14(16)17)24-12-13-5-1-2-9-21-13;/h1-2,4-5,7,9-11H,3,6,8,12H2;1H. The summed E-state index contributed by atoms with van der Waals surface area (Å²) >= 11 is 0. The lowest BCUT2D eigenvalue weighted by Gasteiger charge is -2.12. The van der Waals surface area contributed by atoms with E-state index in [0.717, 1.165) is 41.8 Å². The van der Waals surface area contributed by atoms with Crippen LogP contribution in [-0.4, -0.2) is 15.0 Å². The number of aryl methyl sites for hydroxylation is 1. The monoisotopic (exact) mass is 357 g/mol. The largest absolute Gasteiger partial charge is 0.471 e. The second-order valence-electron chi connectivity index (χ2n) is 5.74. The average molecular weight is 358 g/mol. The molecule has 0 amide bonds. The fourth-order valence-corrected chi connectivity index (χ4v) is 3.05. The number of hydrogen-bond donors (Lipinski definition) is 0. The minimum atomic E-state index is -0.464. The van der Waals surface area contributed by atoms with E-state index in [1.54, 1.807) is 18.3 Å². The van der Waals surface area contributed by atoms with Crippen molar-refractivity contribution in [2.45, 2.75) is 25.9 Å². The summed E-state index contributed by atoms with van der Waals surface area (Å²) in [6.07, 6.45) is 6.02. The number of fused-ring (bicyclic) bond motifs is 1. The molecule has 0 N–H and O–H groups in total. The molecule has 4 nitrogen and oxygen atoms in total. The van der Waals surface area contributed by atoms with Crippen molar-refractivity contribution in [1.29, 1.82) is 0 Å². The van der Waals surface area contributed by atoms with Gasteiger partial charge in [-0.3, -0.25) is 4.98 Å². The third-order valence-electron chi connectivity index (χ3n) is 4.17. The van der Waals surface area contributed by atoms with Gasteiger partial charge in [-0.05, 0) is 54.7 Å². The predicted molar refractivity (Wildman–Crippen MR) is 95.3 cm³/mol. The molecular weight excluding hydrogens is 341 g/mol. The van der Waals surface area contributed by atoms with E-state index < -0.39 is 5.95 Å². The topological polar surface area (TPSA) is 47.9 Å². The summed E-state index contributed by atoms with van der Waals surface area (Å²) in [7, 11) is 0. The molecule has 0 fully saturated rings. The van der Waals surface area contributed by atoms with E-state index in [-0.39, 0.29) is 12.4 Å². The second-order valence-corrected chi connectivity index (χ2v) is 5.74. The molecule has 1 aliphatic carbocycles. The van der Waals surface area contributed by atoms with Gasteiger partial charge in [0.2, 0.25) is 11.8 Å². The van der Waals surface area contributed by atoms with E-state index in [9.17, 15) is 4.39 Å². The maximum absolute atomic E-state index is 14.1. The van der Waals surface area contributed by atoms with Gasteiger partial charge >= 0.3 is 0 Å². The summed E-state index contributed by atoms with van der Waals surface area (Å²) in [4.78, 5) is 12.6. The van der Waals surface area contributed by atoms with Crippen LogP contribution in [0.1, 0.15) is 23.4 Å². The third kappa shape index (κ3) is 3.61. The lowest BCUT2D eigenvalue weighted by Crippen LogP contribution is -2.03. The molecule has 0 radical (unpaired) electrons. The van der Waals surface area contributed by atoms with Crippen molar-refractivity contribution < 1.29 is 9.13 Å². The van der Waals surface area contributed by atoms with E-state index >= 15 is 0 Å². The Kier molecular flexibility index (Phi) is 5.24. The zero-order chi connectivity index (χ0) is 16.4. The first-order valence-corrected chi connectivity index (χ1v) is 7.97. The molecule has 1 aliphatic rings. The van der Waals surface area contributed by atoms with Crippen molar-refractivity contribution >= 4 is 12.4 Å². The highest BCUT2D eigenvalue weighted by atomic mass is 35.5. The molecule has 3 aromatic heterocycles. The third-order valence-corrected chi connectivity index (χ3v) is 4.17. The van der Waals surface area contributed by atoms with Crippen molar-refractivity contribution in [3.05, 3.63) is 71.7 Å².